The first-order chi connectivity index (χ1) is 13.8. The SMILES string of the molecule is CCC(C(=O)NC(C)C)N(Cc1ccccc1Cl)C(=O)Cc1ccc(OC)cc1. The van der Waals surface area contributed by atoms with E-state index >= 15 is 0 Å². The molecule has 2 aromatic carbocycles. The van der Waals surface area contributed by atoms with Crippen LogP contribution in [0.2, 0.25) is 5.02 Å². The van der Waals surface area contributed by atoms with E-state index in [4.69, 9.17) is 16.3 Å². The number of nitrogens with zero attached hydrogens (tertiary/aromatic N) is 1. The Morgan fingerprint density at radius 3 is 2.31 bits per heavy atom. The molecule has 0 aliphatic rings. The predicted octanol–water partition coefficient (Wildman–Crippen LogP) is 4.22. The van der Waals surface area contributed by atoms with E-state index < -0.39 is 6.04 Å². The van der Waals surface area contributed by atoms with Crippen molar-refractivity contribution in [2.45, 2.75) is 52.2 Å². The van der Waals surface area contributed by atoms with Gasteiger partial charge in [-0.2, -0.15) is 0 Å². The number of ether oxygens (including phenoxy) is 1. The Labute approximate surface area is 178 Å². The molecule has 1 unspecified atom stereocenters. The van der Waals surface area contributed by atoms with Crippen molar-refractivity contribution in [3.63, 3.8) is 0 Å². The van der Waals surface area contributed by atoms with Crippen molar-refractivity contribution in [2.24, 2.45) is 0 Å². The average Bonchev–Trinajstić information content (AvgIpc) is 2.69. The fourth-order valence-electron chi connectivity index (χ4n) is 3.13. The molecular weight excluding hydrogens is 388 g/mol. The lowest BCUT2D eigenvalue weighted by Gasteiger charge is -2.31. The average molecular weight is 417 g/mol. The number of nitrogens with one attached hydrogen (secondary N) is 1. The number of amides is 2. The van der Waals surface area contributed by atoms with Gasteiger partial charge < -0.3 is 15.0 Å². The Balaban J connectivity index is 2.29. The molecule has 0 radical (unpaired) electrons. The Bertz CT molecular complexity index is 821. The van der Waals surface area contributed by atoms with Crippen LogP contribution in [0.25, 0.3) is 0 Å². The third-order valence-corrected chi connectivity index (χ3v) is 5.00. The van der Waals surface area contributed by atoms with E-state index in [0.29, 0.717) is 11.4 Å². The lowest BCUT2D eigenvalue weighted by molar-refractivity contribution is -0.141. The first-order valence-corrected chi connectivity index (χ1v) is 10.2. The summed E-state index contributed by atoms with van der Waals surface area (Å²) in [7, 11) is 1.60. The molecule has 0 aliphatic carbocycles. The molecule has 1 N–H and O–H groups in total. The van der Waals surface area contributed by atoms with E-state index in [9.17, 15) is 9.59 Å². The number of halogens is 1. The lowest BCUT2D eigenvalue weighted by atomic mass is 10.1. The summed E-state index contributed by atoms with van der Waals surface area (Å²) in [5.41, 5.74) is 1.67. The molecule has 2 amide bonds. The normalized spacial score (nSPS) is 11.8. The molecule has 0 aromatic heterocycles. The van der Waals surface area contributed by atoms with Crippen LogP contribution in [0.5, 0.6) is 5.75 Å². The molecule has 5 nitrogen and oxygen atoms in total. The summed E-state index contributed by atoms with van der Waals surface area (Å²) in [6, 6.07) is 14.2. The molecule has 0 fully saturated rings. The fraction of sp³-hybridized carbons (Fsp3) is 0.391. The topological polar surface area (TPSA) is 58.6 Å². The molecule has 2 aromatic rings. The molecule has 156 valence electrons. The van der Waals surface area contributed by atoms with E-state index in [0.717, 1.165) is 16.9 Å². The van der Waals surface area contributed by atoms with Crippen molar-refractivity contribution in [3.8, 4) is 5.75 Å². The van der Waals surface area contributed by atoms with Gasteiger partial charge in [-0.15, -0.1) is 0 Å². The third kappa shape index (κ3) is 6.50. The van der Waals surface area contributed by atoms with Gasteiger partial charge in [-0.1, -0.05) is 48.9 Å². The summed E-state index contributed by atoms with van der Waals surface area (Å²) < 4.78 is 5.17. The Hall–Kier alpha value is -2.53. The Morgan fingerprint density at radius 2 is 1.76 bits per heavy atom. The zero-order chi connectivity index (χ0) is 21.4. The van der Waals surface area contributed by atoms with Crippen LogP contribution in [0.3, 0.4) is 0 Å². The Morgan fingerprint density at radius 1 is 1.10 bits per heavy atom. The van der Waals surface area contributed by atoms with E-state index in [1.807, 2.05) is 63.2 Å². The van der Waals surface area contributed by atoms with Crippen LogP contribution in [0, 0.1) is 0 Å². The first kappa shape index (κ1) is 22.8. The monoisotopic (exact) mass is 416 g/mol. The maximum atomic E-state index is 13.2. The molecule has 1 atom stereocenters. The molecule has 0 spiro atoms. The van der Waals surface area contributed by atoms with Crippen molar-refractivity contribution in [3.05, 3.63) is 64.7 Å². The summed E-state index contributed by atoms with van der Waals surface area (Å²) in [6.45, 7) is 5.99. The second kappa shape index (κ2) is 10.9. The zero-order valence-corrected chi connectivity index (χ0v) is 18.2. The Kier molecular flexibility index (Phi) is 8.52. The molecule has 2 rings (SSSR count). The highest BCUT2D eigenvalue weighted by Crippen LogP contribution is 2.21. The van der Waals surface area contributed by atoms with Crippen LogP contribution in [-0.2, 0) is 22.6 Å². The summed E-state index contributed by atoms with van der Waals surface area (Å²) in [6.07, 6.45) is 0.706. The highest BCUT2D eigenvalue weighted by Gasteiger charge is 2.29. The molecule has 0 heterocycles. The van der Waals surface area contributed by atoms with Crippen LogP contribution in [0.1, 0.15) is 38.3 Å². The van der Waals surface area contributed by atoms with Gasteiger partial charge in [-0.05, 0) is 49.6 Å². The second-order valence-electron chi connectivity index (χ2n) is 7.23. The van der Waals surface area contributed by atoms with Crippen molar-refractivity contribution in [2.75, 3.05) is 7.11 Å². The van der Waals surface area contributed by atoms with E-state index in [1.165, 1.54) is 0 Å². The zero-order valence-electron chi connectivity index (χ0n) is 17.4. The van der Waals surface area contributed by atoms with E-state index in [2.05, 4.69) is 5.32 Å². The van der Waals surface area contributed by atoms with Crippen LogP contribution < -0.4 is 10.1 Å². The van der Waals surface area contributed by atoms with Gasteiger partial charge in [0.05, 0.1) is 13.5 Å². The molecule has 29 heavy (non-hydrogen) atoms. The quantitative estimate of drug-likeness (QED) is 0.665. The molecule has 0 aliphatic heterocycles. The van der Waals surface area contributed by atoms with Gasteiger partial charge in [0.25, 0.3) is 0 Å². The molecular formula is C23H29ClN2O3. The first-order valence-electron chi connectivity index (χ1n) is 9.81. The van der Waals surface area contributed by atoms with Gasteiger partial charge in [0.2, 0.25) is 11.8 Å². The predicted molar refractivity (Wildman–Crippen MR) is 116 cm³/mol. The lowest BCUT2D eigenvalue weighted by Crippen LogP contribution is -2.50. The molecule has 0 saturated carbocycles. The highest BCUT2D eigenvalue weighted by atomic mass is 35.5. The minimum absolute atomic E-state index is 0.00426. The number of carbonyl (C=O) groups is 2. The number of carbonyl (C=O) groups excluding carboxylic acids is 2. The number of methoxy groups -OCH3 is 1. The fourth-order valence-corrected chi connectivity index (χ4v) is 3.33. The summed E-state index contributed by atoms with van der Waals surface area (Å²) >= 11 is 6.33. The smallest absolute Gasteiger partial charge is 0.243 e. The molecule has 6 heteroatoms. The van der Waals surface area contributed by atoms with Crippen LogP contribution >= 0.6 is 11.6 Å². The van der Waals surface area contributed by atoms with Crippen LogP contribution in [0.4, 0.5) is 0 Å². The minimum Gasteiger partial charge on any atom is -0.497 e. The number of hydrogen-bond acceptors (Lipinski definition) is 3. The number of hydrogen-bond donors (Lipinski definition) is 1. The van der Waals surface area contributed by atoms with Crippen LogP contribution in [-0.4, -0.2) is 35.9 Å². The highest BCUT2D eigenvalue weighted by molar-refractivity contribution is 6.31. The van der Waals surface area contributed by atoms with Gasteiger partial charge in [0.1, 0.15) is 11.8 Å². The van der Waals surface area contributed by atoms with E-state index in [-0.39, 0.29) is 30.8 Å². The summed E-state index contributed by atoms with van der Waals surface area (Å²) in [5.74, 6) is 0.454. The van der Waals surface area contributed by atoms with Gasteiger partial charge in [0.15, 0.2) is 0 Å². The van der Waals surface area contributed by atoms with Gasteiger partial charge in [0, 0.05) is 17.6 Å². The van der Waals surface area contributed by atoms with E-state index in [1.54, 1.807) is 18.1 Å². The maximum Gasteiger partial charge on any atom is 0.243 e. The summed E-state index contributed by atoms with van der Waals surface area (Å²) in [4.78, 5) is 27.7. The second-order valence-corrected chi connectivity index (χ2v) is 7.63. The largest absolute Gasteiger partial charge is 0.497 e. The van der Waals surface area contributed by atoms with Crippen molar-refractivity contribution in [1.29, 1.82) is 0 Å². The number of rotatable bonds is 9. The maximum absolute atomic E-state index is 13.2. The van der Waals surface area contributed by atoms with Crippen molar-refractivity contribution >= 4 is 23.4 Å². The van der Waals surface area contributed by atoms with Gasteiger partial charge >= 0.3 is 0 Å². The third-order valence-electron chi connectivity index (χ3n) is 4.63. The van der Waals surface area contributed by atoms with Gasteiger partial charge in [-0.3, -0.25) is 9.59 Å². The van der Waals surface area contributed by atoms with Crippen molar-refractivity contribution in [1.82, 2.24) is 10.2 Å². The standard InChI is InChI=1S/C23H29ClN2O3/c1-5-21(23(28)25-16(2)3)26(15-18-8-6-7-9-20(18)24)22(27)14-17-10-12-19(29-4)13-11-17/h6-13,16,21H,5,14-15H2,1-4H3,(H,25,28). The molecule has 0 saturated heterocycles. The number of benzene rings is 2. The summed E-state index contributed by atoms with van der Waals surface area (Å²) in [5, 5.41) is 3.50. The molecule has 0 bridgehead atoms. The minimum atomic E-state index is -0.570. The van der Waals surface area contributed by atoms with Gasteiger partial charge in [-0.25, -0.2) is 0 Å². The van der Waals surface area contributed by atoms with Crippen LogP contribution in [0.15, 0.2) is 48.5 Å². The van der Waals surface area contributed by atoms with Crippen molar-refractivity contribution < 1.29 is 14.3 Å².